The van der Waals surface area contributed by atoms with Gasteiger partial charge in [0.25, 0.3) is 5.69 Å². The Bertz CT molecular complexity index is 659. The summed E-state index contributed by atoms with van der Waals surface area (Å²) in [7, 11) is 0. The molecule has 1 heterocycles. The largest absolute Gasteiger partial charge is 0.366 e. The molecule has 0 unspecified atom stereocenters. The minimum Gasteiger partial charge on any atom is -0.366 e. The van der Waals surface area contributed by atoms with Crippen molar-refractivity contribution in [2.24, 2.45) is 0 Å². The lowest BCUT2D eigenvalue weighted by Gasteiger charge is -2.10. The number of aromatic nitrogens is 1. The van der Waals surface area contributed by atoms with Gasteiger partial charge < -0.3 is 5.32 Å². The van der Waals surface area contributed by atoms with Gasteiger partial charge in [0.2, 0.25) is 0 Å². The quantitative estimate of drug-likeness (QED) is 0.677. The lowest BCUT2D eigenvalue weighted by molar-refractivity contribution is -0.385. The number of nitro groups is 1. The van der Waals surface area contributed by atoms with E-state index in [1.807, 2.05) is 19.1 Å². The molecule has 0 fully saturated rings. The molecule has 0 radical (unpaired) electrons. The van der Waals surface area contributed by atoms with Crippen molar-refractivity contribution in [1.29, 1.82) is 0 Å². The van der Waals surface area contributed by atoms with Gasteiger partial charge in [0.05, 0.1) is 4.92 Å². The summed E-state index contributed by atoms with van der Waals surface area (Å²) in [5.41, 5.74) is 2.73. The van der Waals surface area contributed by atoms with Crippen LogP contribution < -0.4 is 5.32 Å². The summed E-state index contributed by atoms with van der Waals surface area (Å²) in [6.45, 7) is 4.22. The molecular weight excluding hydrogens is 322 g/mol. The van der Waals surface area contributed by atoms with E-state index in [2.05, 4.69) is 26.2 Å². The summed E-state index contributed by atoms with van der Waals surface area (Å²) in [5, 5.41) is 14.1. The van der Waals surface area contributed by atoms with E-state index in [9.17, 15) is 10.1 Å². The van der Waals surface area contributed by atoms with Crippen LogP contribution in [0, 0.1) is 24.0 Å². The van der Waals surface area contributed by atoms with Gasteiger partial charge in [0.15, 0.2) is 0 Å². The summed E-state index contributed by atoms with van der Waals surface area (Å²) >= 11 is 3.36. The Morgan fingerprint density at radius 2 is 2.15 bits per heavy atom. The monoisotopic (exact) mass is 335 g/mol. The second kappa shape index (κ2) is 6.00. The molecule has 0 aliphatic carbocycles. The van der Waals surface area contributed by atoms with Gasteiger partial charge in [-0.2, -0.15) is 0 Å². The van der Waals surface area contributed by atoms with Gasteiger partial charge in [0, 0.05) is 28.8 Å². The fraction of sp³-hybridized carbons (Fsp3) is 0.214. The van der Waals surface area contributed by atoms with Crippen molar-refractivity contribution >= 4 is 27.4 Å². The predicted molar refractivity (Wildman–Crippen MR) is 81.8 cm³/mol. The molecule has 0 spiro atoms. The minimum atomic E-state index is -0.359. The lowest BCUT2D eigenvalue weighted by atomic mass is 10.1. The molecule has 2 rings (SSSR count). The number of rotatable bonds is 4. The van der Waals surface area contributed by atoms with Crippen LogP contribution in [0.1, 0.15) is 16.7 Å². The summed E-state index contributed by atoms with van der Waals surface area (Å²) in [4.78, 5) is 14.8. The molecular formula is C14H14BrN3O2. The van der Waals surface area contributed by atoms with Crippen molar-refractivity contribution in [1.82, 2.24) is 4.98 Å². The average molecular weight is 336 g/mol. The molecule has 0 amide bonds. The summed E-state index contributed by atoms with van der Waals surface area (Å²) < 4.78 is 0.923. The number of benzene rings is 1. The molecule has 0 saturated carbocycles. The smallest absolute Gasteiger partial charge is 0.272 e. The van der Waals surface area contributed by atoms with Crippen LogP contribution in [0.5, 0.6) is 0 Å². The summed E-state index contributed by atoms with van der Waals surface area (Å²) in [6, 6.07) is 7.06. The van der Waals surface area contributed by atoms with Crippen LogP contribution in [0.3, 0.4) is 0 Å². The molecule has 0 saturated heterocycles. The van der Waals surface area contributed by atoms with Crippen molar-refractivity contribution in [3.63, 3.8) is 0 Å². The van der Waals surface area contributed by atoms with E-state index < -0.39 is 0 Å². The van der Waals surface area contributed by atoms with Crippen molar-refractivity contribution in [2.45, 2.75) is 20.4 Å². The van der Waals surface area contributed by atoms with E-state index in [4.69, 9.17) is 0 Å². The van der Waals surface area contributed by atoms with Gasteiger partial charge in [-0.3, -0.25) is 10.1 Å². The Kier molecular flexibility index (Phi) is 4.34. The molecule has 0 aliphatic rings. The highest BCUT2D eigenvalue weighted by Gasteiger charge is 2.13. The number of nitro benzene ring substituents is 1. The Balaban J connectivity index is 2.19. The van der Waals surface area contributed by atoms with Gasteiger partial charge >= 0.3 is 0 Å². The van der Waals surface area contributed by atoms with Crippen molar-refractivity contribution in [3.05, 3.63) is 61.7 Å². The second-order valence-corrected chi connectivity index (χ2v) is 5.41. The van der Waals surface area contributed by atoms with Gasteiger partial charge in [-0.25, -0.2) is 4.98 Å². The second-order valence-electron chi connectivity index (χ2n) is 4.49. The molecule has 104 valence electrons. The Morgan fingerprint density at radius 3 is 2.80 bits per heavy atom. The van der Waals surface area contributed by atoms with Crippen LogP contribution in [0.4, 0.5) is 11.5 Å². The molecule has 1 N–H and O–H groups in total. The van der Waals surface area contributed by atoms with E-state index in [0.717, 1.165) is 21.4 Å². The number of hydrogen-bond acceptors (Lipinski definition) is 4. The fourth-order valence-electron chi connectivity index (χ4n) is 1.96. The van der Waals surface area contributed by atoms with Crippen LogP contribution in [-0.2, 0) is 6.54 Å². The first-order chi connectivity index (χ1) is 9.49. The zero-order valence-electron chi connectivity index (χ0n) is 11.2. The number of pyridine rings is 1. The zero-order valence-corrected chi connectivity index (χ0v) is 12.8. The molecule has 0 aliphatic heterocycles. The third-order valence-electron chi connectivity index (χ3n) is 3.11. The van der Waals surface area contributed by atoms with E-state index >= 15 is 0 Å². The normalized spacial score (nSPS) is 10.3. The number of anilines is 1. The average Bonchev–Trinajstić information content (AvgIpc) is 2.39. The first-order valence-corrected chi connectivity index (χ1v) is 6.87. The molecule has 0 atom stereocenters. The number of aryl methyl sites for hydroxylation is 1. The molecule has 1 aromatic carbocycles. The standard InChI is InChI=1S/C14H14BrN3O2/c1-9-6-12(15)8-17-14(9)16-7-11-4-3-5-13(10(11)2)18(19)20/h3-6,8H,7H2,1-2H3,(H,16,17). The summed E-state index contributed by atoms with van der Waals surface area (Å²) in [6.07, 6.45) is 1.72. The highest BCUT2D eigenvalue weighted by Crippen LogP contribution is 2.23. The molecule has 1 aromatic heterocycles. The van der Waals surface area contributed by atoms with E-state index in [0.29, 0.717) is 12.1 Å². The molecule has 0 bridgehead atoms. The van der Waals surface area contributed by atoms with E-state index in [-0.39, 0.29) is 10.6 Å². The lowest BCUT2D eigenvalue weighted by Crippen LogP contribution is -2.05. The van der Waals surface area contributed by atoms with Gasteiger partial charge in [-0.1, -0.05) is 12.1 Å². The molecule has 20 heavy (non-hydrogen) atoms. The number of nitrogens with zero attached hydrogens (tertiary/aromatic N) is 2. The predicted octanol–water partition coefficient (Wildman–Crippen LogP) is 3.98. The highest BCUT2D eigenvalue weighted by atomic mass is 79.9. The van der Waals surface area contributed by atoms with Gasteiger partial charge in [0.1, 0.15) is 5.82 Å². The third kappa shape index (κ3) is 3.14. The maximum Gasteiger partial charge on any atom is 0.272 e. The maximum atomic E-state index is 10.9. The van der Waals surface area contributed by atoms with Crippen molar-refractivity contribution in [2.75, 3.05) is 5.32 Å². The number of hydrogen-bond donors (Lipinski definition) is 1. The Hall–Kier alpha value is -1.95. The number of nitrogens with one attached hydrogen (secondary N) is 1. The van der Waals surface area contributed by atoms with E-state index in [1.165, 1.54) is 6.07 Å². The van der Waals surface area contributed by atoms with Crippen LogP contribution in [-0.4, -0.2) is 9.91 Å². The SMILES string of the molecule is Cc1cc(Br)cnc1NCc1cccc([N+](=O)[O-])c1C. The Labute approximate surface area is 125 Å². The summed E-state index contributed by atoms with van der Waals surface area (Å²) in [5.74, 6) is 0.777. The first kappa shape index (κ1) is 14.5. The topological polar surface area (TPSA) is 68.1 Å². The van der Waals surface area contributed by atoms with Crippen molar-refractivity contribution in [3.8, 4) is 0 Å². The minimum absolute atomic E-state index is 0.143. The van der Waals surface area contributed by atoms with Crippen LogP contribution >= 0.6 is 15.9 Å². The van der Waals surface area contributed by atoms with Gasteiger partial charge in [-0.15, -0.1) is 0 Å². The maximum absolute atomic E-state index is 10.9. The van der Waals surface area contributed by atoms with Crippen LogP contribution in [0.15, 0.2) is 34.9 Å². The van der Waals surface area contributed by atoms with Crippen LogP contribution in [0.25, 0.3) is 0 Å². The third-order valence-corrected chi connectivity index (χ3v) is 3.54. The molecule has 5 nitrogen and oxygen atoms in total. The van der Waals surface area contributed by atoms with Gasteiger partial charge in [-0.05, 0) is 47.0 Å². The van der Waals surface area contributed by atoms with Crippen LogP contribution in [0.2, 0.25) is 0 Å². The fourth-order valence-corrected chi connectivity index (χ4v) is 2.41. The first-order valence-electron chi connectivity index (χ1n) is 6.08. The number of halogens is 1. The molecule has 2 aromatic rings. The molecule has 6 heteroatoms. The Morgan fingerprint density at radius 1 is 1.40 bits per heavy atom. The van der Waals surface area contributed by atoms with E-state index in [1.54, 1.807) is 19.2 Å². The highest BCUT2D eigenvalue weighted by molar-refractivity contribution is 9.10. The zero-order chi connectivity index (χ0) is 14.7. The van der Waals surface area contributed by atoms with Crippen molar-refractivity contribution < 1.29 is 4.92 Å².